The highest BCUT2D eigenvalue weighted by atomic mass is 16.2. The maximum Gasteiger partial charge on any atom is 0.240 e. The molecule has 2 fully saturated rings. The van der Waals surface area contributed by atoms with Crippen molar-refractivity contribution in [3.05, 3.63) is 0 Å². The highest BCUT2D eigenvalue weighted by Crippen LogP contribution is 2.37. The van der Waals surface area contributed by atoms with Crippen molar-refractivity contribution < 1.29 is 4.79 Å². The van der Waals surface area contributed by atoms with Gasteiger partial charge >= 0.3 is 0 Å². The molecular weight excluding hydrogens is 176 g/mol. The molecule has 3 heteroatoms. The molecule has 2 rings (SSSR count). The van der Waals surface area contributed by atoms with E-state index in [0.717, 1.165) is 25.7 Å². The summed E-state index contributed by atoms with van der Waals surface area (Å²) in [5.74, 6) is 2.51. The lowest BCUT2D eigenvalue weighted by atomic mass is 10.0. The zero-order valence-electron chi connectivity index (χ0n) is 8.28. The number of hydrogen-bond acceptors (Lipinski definition) is 2. The smallest absolute Gasteiger partial charge is 0.240 e. The van der Waals surface area contributed by atoms with E-state index in [9.17, 15) is 4.79 Å². The summed E-state index contributed by atoms with van der Waals surface area (Å²) in [6.07, 6.45) is 10.1. The van der Waals surface area contributed by atoms with Gasteiger partial charge in [0.15, 0.2) is 0 Å². The molecule has 0 radical (unpaired) electrons. The lowest BCUT2D eigenvalue weighted by Crippen LogP contribution is -2.45. The molecule has 2 heterocycles. The van der Waals surface area contributed by atoms with Gasteiger partial charge in [-0.2, -0.15) is 0 Å². The molecule has 76 valence electrons. The van der Waals surface area contributed by atoms with E-state index in [0.29, 0.717) is 18.5 Å². The molecule has 2 bridgehead atoms. The zero-order chi connectivity index (χ0) is 10.1. The van der Waals surface area contributed by atoms with E-state index in [1.165, 1.54) is 0 Å². The molecular formula is C11H16N2O. The second-order valence-electron chi connectivity index (χ2n) is 4.22. The Morgan fingerprint density at radius 2 is 1.93 bits per heavy atom. The highest BCUT2D eigenvalue weighted by Gasteiger charge is 2.43. The predicted octanol–water partition coefficient (Wildman–Crippen LogP) is 0.490. The lowest BCUT2D eigenvalue weighted by molar-refractivity contribution is -0.133. The topological polar surface area (TPSA) is 46.3 Å². The number of hydrogen-bond donors (Lipinski definition) is 1. The third-order valence-corrected chi connectivity index (χ3v) is 3.36. The van der Waals surface area contributed by atoms with Crippen LogP contribution in [0.4, 0.5) is 0 Å². The van der Waals surface area contributed by atoms with E-state index in [-0.39, 0.29) is 5.91 Å². The van der Waals surface area contributed by atoms with Crippen molar-refractivity contribution in [2.45, 2.75) is 50.2 Å². The molecule has 0 saturated carbocycles. The van der Waals surface area contributed by atoms with Crippen LogP contribution in [-0.4, -0.2) is 28.9 Å². The molecule has 1 atom stereocenters. The Bertz CT molecular complexity index is 262. The van der Waals surface area contributed by atoms with Gasteiger partial charge in [-0.25, -0.2) is 0 Å². The number of carbonyl (C=O) groups is 1. The van der Waals surface area contributed by atoms with Crippen molar-refractivity contribution in [3.63, 3.8) is 0 Å². The van der Waals surface area contributed by atoms with E-state index < -0.39 is 6.04 Å². The number of amides is 1. The summed E-state index contributed by atoms with van der Waals surface area (Å²) < 4.78 is 0. The number of nitrogens with two attached hydrogens (primary N) is 1. The van der Waals surface area contributed by atoms with Crippen LogP contribution in [0.2, 0.25) is 0 Å². The fourth-order valence-corrected chi connectivity index (χ4v) is 2.68. The number of terminal acetylenes is 1. The van der Waals surface area contributed by atoms with Crippen LogP contribution in [-0.2, 0) is 4.79 Å². The van der Waals surface area contributed by atoms with Gasteiger partial charge in [0.25, 0.3) is 0 Å². The number of carbonyl (C=O) groups excluding carboxylic acids is 1. The van der Waals surface area contributed by atoms with Gasteiger partial charge in [-0.05, 0) is 25.7 Å². The predicted molar refractivity (Wildman–Crippen MR) is 54.3 cm³/mol. The van der Waals surface area contributed by atoms with E-state index in [1.807, 2.05) is 4.90 Å². The molecule has 2 aliphatic heterocycles. The van der Waals surface area contributed by atoms with E-state index in [2.05, 4.69) is 5.92 Å². The quantitative estimate of drug-likeness (QED) is 0.647. The zero-order valence-corrected chi connectivity index (χ0v) is 8.28. The van der Waals surface area contributed by atoms with Crippen molar-refractivity contribution in [2.24, 2.45) is 5.73 Å². The fourth-order valence-electron chi connectivity index (χ4n) is 2.68. The largest absolute Gasteiger partial charge is 0.335 e. The van der Waals surface area contributed by atoms with Gasteiger partial charge in [0.1, 0.15) is 0 Å². The maximum absolute atomic E-state index is 11.9. The minimum absolute atomic E-state index is 0.0629. The minimum Gasteiger partial charge on any atom is -0.335 e. The summed E-state index contributed by atoms with van der Waals surface area (Å²) in [6.45, 7) is 0. The second-order valence-corrected chi connectivity index (χ2v) is 4.22. The summed E-state index contributed by atoms with van der Waals surface area (Å²) in [4.78, 5) is 13.9. The Balaban J connectivity index is 2.02. The summed E-state index contributed by atoms with van der Waals surface area (Å²) in [5.41, 5.74) is 5.73. The first kappa shape index (κ1) is 9.54. The highest BCUT2D eigenvalue weighted by molar-refractivity contribution is 5.83. The maximum atomic E-state index is 11.9. The normalized spacial score (nSPS) is 31.6. The summed E-state index contributed by atoms with van der Waals surface area (Å²) >= 11 is 0. The SMILES string of the molecule is C#CCC(N)C(=O)N1C2CCC1CC2. The summed E-state index contributed by atoms with van der Waals surface area (Å²) in [6, 6.07) is 0.425. The monoisotopic (exact) mass is 192 g/mol. The van der Waals surface area contributed by atoms with Crippen LogP contribution >= 0.6 is 0 Å². The van der Waals surface area contributed by atoms with Crippen molar-refractivity contribution in [1.82, 2.24) is 4.90 Å². The first-order chi connectivity index (χ1) is 6.74. The molecule has 0 aliphatic carbocycles. The number of nitrogens with zero attached hydrogens (tertiary/aromatic N) is 1. The molecule has 0 aromatic carbocycles. The van der Waals surface area contributed by atoms with E-state index >= 15 is 0 Å². The third-order valence-electron chi connectivity index (χ3n) is 3.36. The molecule has 0 aromatic rings. The molecule has 0 aromatic heterocycles. The number of fused-ring (bicyclic) bond motifs is 2. The molecule has 1 amide bonds. The van der Waals surface area contributed by atoms with Crippen LogP contribution < -0.4 is 5.73 Å². The molecule has 2 saturated heterocycles. The molecule has 3 nitrogen and oxygen atoms in total. The lowest BCUT2D eigenvalue weighted by Gasteiger charge is -2.24. The van der Waals surface area contributed by atoms with Gasteiger partial charge < -0.3 is 10.6 Å². The standard InChI is InChI=1S/C11H16N2O/c1-2-3-10(12)11(14)13-8-4-5-9(13)7-6-8/h1,8-10H,3-7,12H2. The van der Waals surface area contributed by atoms with Crippen molar-refractivity contribution in [2.75, 3.05) is 0 Å². The van der Waals surface area contributed by atoms with Gasteiger partial charge in [-0.3, -0.25) is 4.79 Å². The van der Waals surface area contributed by atoms with Gasteiger partial charge in [-0.1, -0.05) is 0 Å². The van der Waals surface area contributed by atoms with E-state index in [1.54, 1.807) is 0 Å². The summed E-state index contributed by atoms with van der Waals surface area (Å²) in [7, 11) is 0. The molecule has 0 spiro atoms. The van der Waals surface area contributed by atoms with Crippen LogP contribution in [0, 0.1) is 12.3 Å². The molecule has 2 aliphatic rings. The van der Waals surface area contributed by atoms with Crippen LogP contribution in [0.1, 0.15) is 32.1 Å². The molecule has 1 unspecified atom stereocenters. The van der Waals surface area contributed by atoms with Crippen molar-refractivity contribution in [3.8, 4) is 12.3 Å². The Morgan fingerprint density at radius 1 is 1.43 bits per heavy atom. The minimum atomic E-state index is -0.485. The Labute approximate surface area is 84.6 Å². The van der Waals surface area contributed by atoms with E-state index in [4.69, 9.17) is 12.2 Å². The van der Waals surface area contributed by atoms with Gasteiger partial charge in [0.05, 0.1) is 6.04 Å². The van der Waals surface area contributed by atoms with Crippen LogP contribution in [0.15, 0.2) is 0 Å². The average molecular weight is 192 g/mol. The fraction of sp³-hybridized carbons (Fsp3) is 0.727. The van der Waals surface area contributed by atoms with Gasteiger partial charge in [0, 0.05) is 18.5 Å². The van der Waals surface area contributed by atoms with Crippen LogP contribution in [0.5, 0.6) is 0 Å². The first-order valence-corrected chi connectivity index (χ1v) is 5.25. The molecule has 14 heavy (non-hydrogen) atoms. The average Bonchev–Trinajstić information content (AvgIpc) is 2.76. The first-order valence-electron chi connectivity index (χ1n) is 5.25. The summed E-state index contributed by atoms with van der Waals surface area (Å²) in [5, 5.41) is 0. The van der Waals surface area contributed by atoms with Crippen molar-refractivity contribution >= 4 is 5.91 Å². The van der Waals surface area contributed by atoms with Crippen LogP contribution in [0.3, 0.4) is 0 Å². The van der Waals surface area contributed by atoms with Crippen molar-refractivity contribution in [1.29, 1.82) is 0 Å². The molecule has 2 N–H and O–H groups in total. The second kappa shape index (κ2) is 3.62. The van der Waals surface area contributed by atoms with Gasteiger partial charge in [0.2, 0.25) is 5.91 Å². The van der Waals surface area contributed by atoms with Gasteiger partial charge in [-0.15, -0.1) is 12.3 Å². The Morgan fingerprint density at radius 3 is 2.36 bits per heavy atom. The third kappa shape index (κ3) is 1.40. The Kier molecular flexibility index (Phi) is 2.47. The van der Waals surface area contributed by atoms with Crippen LogP contribution in [0.25, 0.3) is 0 Å². The number of rotatable bonds is 2. The Hall–Kier alpha value is -1.01.